The minimum atomic E-state index is -4.54. The summed E-state index contributed by atoms with van der Waals surface area (Å²) in [7, 11) is 0. The van der Waals surface area contributed by atoms with Crippen molar-refractivity contribution in [3.63, 3.8) is 0 Å². The first-order chi connectivity index (χ1) is 13.1. The van der Waals surface area contributed by atoms with Gasteiger partial charge in [-0.2, -0.15) is 13.2 Å². The Morgan fingerprint density at radius 1 is 1.11 bits per heavy atom. The van der Waals surface area contributed by atoms with Crippen molar-refractivity contribution in [1.82, 2.24) is 10.2 Å². The molecule has 1 saturated carbocycles. The lowest BCUT2D eigenvalue weighted by atomic mass is 9.99. The summed E-state index contributed by atoms with van der Waals surface area (Å²) < 4.78 is 38.8. The topological polar surface area (TPSA) is 89.7 Å². The van der Waals surface area contributed by atoms with Gasteiger partial charge in [-0.1, -0.05) is 0 Å². The molecule has 0 saturated heterocycles. The molecule has 6 nitrogen and oxygen atoms in total. The fourth-order valence-corrected chi connectivity index (χ4v) is 4.21. The van der Waals surface area contributed by atoms with Gasteiger partial charge < -0.3 is 20.2 Å². The third-order valence-electron chi connectivity index (χ3n) is 5.51. The molecule has 1 fully saturated rings. The maximum absolute atomic E-state index is 12.9. The number of phenolic OH excluding ortho intramolecular Hbond substituents is 1. The number of hydrogen-bond acceptors (Lipinski definition) is 6. The van der Waals surface area contributed by atoms with Crippen molar-refractivity contribution < 1.29 is 28.5 Å². The smallest absolute Gasteiger partial charge is 0.416 e. The molecule has 9 heteroatoms. The maximum Gasteiger partial charge on any atom is 0.416 e. The molecule has 1 aromatic heterocycles. The molecule has 2 aromatic rings. The fraction of sp³-hybridized carbons (Fsp3) is 0.474. The van der Waals surface area contributed by atoms with E-state index in [1.807, 2.05) is 4.90 Å². The lowest BCUT2D eigenvalue weighted by Crippen LogP contribution is -2.39. The molecule has 3 atom stereocenters. The monoisotopic (exact) mass is 395 g/mol. The van der Waals surface area contributed by atoms with Crippen LogP contribution in [0.3, 0.4) is 0 Å². The summed E-state index contributed by atoms with van der Waals surface area (Å²) in [5, 5.41) is 38.5. The van der Waals surface area contributed by atoms with Gasteiger partial charge in [-0.05, 0) is 43.5 Å². The number of aromatic hydroxyl groups is 1. The second-order valence-corrected chi connectivity index (χ2v) is 7.47. The highest BCUT2D eigenvalue weighted by Crippen LogP contribution is 2.40. The minimum Gasteiger partial charge on any atom is -0.507 e. The molecule has 0 spiro atoms. The first-order valence-electron chi connectivity index (χ1n) is 9.05. The summed E-state index contributed by atoms with van der Waals surface area (Å²) in [5.74, 6) is 0.108. The normalized spacial score (nSPS) is 24.6. The van der Waals surface area contributed by atoms with Gasteiger partial charge >= 0.3 is 6.18 Å². The van der Waals surface area contributed by atoms with Crippen LogP contribution in [0.4, 0.5) is 19.0 Å². The lowest BCUT2D eigenvalue weighted by Gasteiger charge is -2.28. The summed E-state index contributed by atoms with van der Waals surface area (Å²) >= 11 is 0. The number of aryl methyl sites for hydroxylation is 1. The molecule has 0 radical (unpaired) electrons. The Balaban J connectivity index is 1.68. The number of phenols is 1. The molecule has 3 N–H and O–H groups in total. The molecular formula is C19H20F3N3O3. The summed E-state index contributed by atoms with van der Waals surface area (Å²) in [6.07, 6.45) is -4.34. The number of anilines is 1. The number of aliphatic hydroxyl groups excluding tert-OH is 2. The van der Waals surface area contributed by atoms with Crippen LogP contribution in [0.5, 0.6) is 5.75 Å². The number of nitrogens with zero attached hydrogens (tertiary/aromatic N) is 3. The third-order valence-corrected chi connectivity index (χ3v) is 5.51. The highest BCUT2D eigenvalue weighted by Gasteiger charge is 2.39. The van der Waals surface area contributed by atoms with Crippen LogP contribution in [-0.4, -0.2) is 50.3 Å². The molecule has 2 heterocycles. The summed E-state index contributed by atoms with van der Waals surface area (Å²) in [6.45, 7) is 2.10. The SMILES string of the molecule is Cc1cc(C(F)(F)F)cc(O)c1-c1cc2c(nn1)N([C@@H]1C[C@H](O)C[C@H]1O)CC2. The van der Waals surface area contributed by atoms with Crippen LogP contribution in [-0.2, 0) is 12.6 Å². The predicted molar refractivity (Wildman–Crippen MR) is 95.0 cm³/mol. The van der Waals surface area contributed by atoms with Crippen molar-refractivity contribution in [3.8, 4) is 17.0 Å². The van der Waals surface area contributed by atoms with Crippen LogP contribution in [0.1, 0.15) is 29.5 Å². The second-order valence-electron chi connectivity index (χ2n) is 7.47. The van der Waals surface area contributed by atoms with Gasteiger partial charge in [0.25, 0.3) is 0 Å². The molecule has 28 heavy (non-hydrogen) atoms. The molecule has 2 aliphatic rings. The van der Waals surface area contributed by atoms with Crippen LogP contribution in [0, 0.1) is 6.92 Å². The zero-order chi connectivity index (χ0) is 20.2. The van der Waals surface area contributed by atoms with E-state index >= 15 is 0 Å². The predicted octanol–water partition coefficient (Wildman–Crippen LogP) is 2.42. The summed E-state index contributed by atoms with van der Waals surface area (Å²) in [6, 6.07) is 3.15. The Morgan fingerprint density at radius 2 is 1.86 bits per heavy atom. The Kier molecular flexibility index (Phi) is 4.46. The van der Waals surface area contributed by atoms with E-state index in [4.69, 9.17) is 0 Å². The van der Waals surface area contributed by atoms with E-state index < -0.39 is 29.7 Å². The van der Waals surface area contributed by atoms with Gasteiger partial charge in [0, 0.05) is 24.1 Å². The number of aliphatic hydroxyl groups is 2. The van der Waals surface area contributed by atoms with Gasteiger partial charge in [0.2, 0.25) is 0 Å². The van der Waals surface area contributed by atoms with E-state index in [2.05, 4.69) is 10.2 Å². The lowest BCUT2D eigenvalue weighted by molar-refractivity contribution is -0.137. The van der Waals surface area contributed by atoms with Crippen molar-refractivity contribution in [3.05, 3.63) is 34.9 Å². The quantitative estimate of drug-likeness (QED) is 0.724. The number of alkyl halides is 3. The van der Waals surface area contributed by atoms with E-state index in [0.717, 1.165) is 11.6 Å². The second kappa shape index (κ2) is 6.59. The van der Waals surface area contributed by atoms with E-state index in [1.54, 1.807) is 6.07 Å². The maximum atomic E-state index is 12.9. The highest BCUT2D eigenvalue weighted by atomic mass is 19.4. The number of benzene rings is 1. The third kappa shape index (κ3) is 3.18. The van der Waals surface area contributed by atoms with Crippen LogP contribution < -0.4 is 4.90 Å². The molecule has 0 amide bonds. The first kappa shape index (κ1) is 18.9. The van der Waals surface area contributed by atoms with Gasteiger partial charge in [0.05, 0.1) is 29.5 Å². The van der Waals surface area contributed by atoms with E-state index in [0.29, 0.717) is 43.4 Å². The van der Waals surface area contributed by atoms with E-state index in [9.17, 15) is 28.5 Å². The van der Waals surface area contributed by atoms with Crippen LogP contribution in [0.25, 0.3) is 11.3 Å². The van der Waals surface area contributed by atoms with Gasteiger partial charge in [-0.3, -0.25) is 0 Å². The van der Waals surface area contributed by atoms with Crippen molar-refractivity contribution in [1.29, 1.82) is 0 Å². The molecule has 1 aliphatic carbocycles. The minimum absolute atomic E-state index is 0.220. The molecule has 1 aromatic carbocycles. The van der Waals surface area contributed by atoms with Gasteiger partial charge in [0.15, 0.2) is 5.82 Å². The van der Waals surface area contributed by atoms with Crippen molar-refractivity contribution in [2.45, 2.75) is 50.6 Å². The van der Waals surface area contributed by atoms with Crippen LogP contribution >= 0.6 is 0 Å². The van der Waals surface area contributed by atoms with Crippen molar-refractivity contribution >= 4 is 5.82 Å². The van der Waals surface area contributed by atoms with E-state index in [-0.39, 0.29) is 17.2 Å². The van der Waals surface area contributed by atoms with Crippen LogP contribution in [0.2, 0.25) is 0 Å². The molecule has 4 rings (SSSR count). The van der Waals surface area contributed by atoms with E-state index in [1.165, 1.54) is 6.92 Å². The number of halogens is 3. The fourth-order valence-electron chi connectivity index (χ4n) is 4.21. The van der Waals surface area contributed by atoms with Gasteiger partial charge in [-0.25, -0.2) is 0 Å². The van der Waals surface area contributed by atoms with Crippen molar-refractivity contribution in [2.24, 2.45) is 0 Å². The number of aromatic nitrogens is 2. The highest BCUT2D eigenvalue weighted by molar-refractivity contribution is 5.73. The Bertz CT molecular complexity index is 896. The average Bonchev–Trinajstić information content (AvgIpc) is 3.15. The molecule has 1 aliphatic heterocycles. The zero-order valence-corrected chi connectivity index (χ0v) is 15.1. The molecule has 0 bridgehead atoms. The summed E-state index contributed by atoms with van der Waals surface area (Å²) in [4.78, 5) is 1.92. The Hall–Kier alpha value is -2.39. The number of hydrogen-bond donors (Lipinski definition) is 3. The largest absolute Gasteiger partial charge is 0.507 e. The Morgan fingerprint density at radius 3 is 2.46 bits per heavy atom. The number of fused-ring (bicyclic) bond motifs is 1. The number of rotatable bonds is 2. The van der Waals surface area contributed by atoms with Crippen molar-refractivity contribution in [2.75, 3.05) is 11.4 Å². The standard InChI is InChI=1S/C19H20F3N3O3/c1-9-4-11(19(20,21)22)6-16(28)17(9)13-5-10-2-3-25(18(10)24-23-13)14-7-12(26)8-15(14)27/h4-6,12,14-15,26-28H,2-3,7-8H2,1H3/t12-,14+,15+/m0/s1. The molecule has 150 valence electrons. The van der Waals surface area contributed by atoms with Gasteiger partial charge in [0.1, 0.15) is 5.75 Å². The molecular weight excluding hydrogens is 375 g/mol. The Labute approximate surface area is 159 Å². The van der Waals surface area contributed by atoms with Gasteiger partial charge in [-0.15, -0.1) is 10.2 Å². The molecule has 0 unspecified atom stereocenters. The van der Waals surface area contributed by atoms with Crippen LogP contribution in [0.15, 0.2) is 18.2 Å². The zero-order valence-electron chi connectivity index (χ0n) is 15.1. The summed E-state index contributed by atoms with van der Waals surface area (Å²) in [5.41, 5.74) is 0.706. The first-order valence-corrected chi connectivity index (χ1v) is 9.05. The average molecular weight is 395 g/mol.